The quantitative estimate of drug-likeness (QED) is 0.102. The molecule has 0 spiro atoms. The van der Waals surface area contributed by atoms with Crippen LogP contribution in [0.1, 0.15) is 59.4 Å². The van der Waals surface area contributed by atoms with E-state index in [2.05, 4.69) is 53.4 Å². The van der Waals surface area contributed by atoms with E-state index in [1.54, 1.807) is 0 Å². The van der Waals surface area contributed by atoms with Gasteiger partial charge in [-0.2, -0.15) is 0 Å². The zero-order valence-electron chi connectivity index (χ0n) is 26.7. The van der Waals surface area contributed by atoms with E-state index in [4.69, 9.17) is 18.3 Å². The van der Waals surface area contributed by atoms with Crippen molar-refractivity contribution in [2.24, 2.45) is 5.92 Å². The number of allylic oxidation sites excluding steroid dienone is 1. The van der Waals surface area contributed by atoms with Gasteiger partial charge in [-0.25, -0.2) is 4.79 Å². The molecule has 40 heavy (non-hydrogen) atoms. The zero-order valence-corrected chi connectivity index (χ0v) is 28.7. The van der Waals surface area contributed by atoms with Crippen LogP contribution in [0.25, 0.3) is 0 Å². The average Bonchev–Trinajstić information content (AvgIpc) is 2.85. The average molecular weight is 589 g/mol. The van der Waals surface area contributed by atoms with Crippen molar-refractivity contribution in [3.63, 3.8) is 0 Å². The Morgan fingerprint density at radius 1 is 1.05 bits per heavy atom. The van der Waals surface area contributed by atoms with Crippen LogP contribution in [0.15, 0.2) is 54.1 Å². The van der Waals surface area contributed by atoms with Gasteiger partial charge >= 0.3 is 5.97 Å². The Bertz CT molecular complexity index is 1070. The van der Waals surface area contributed by atoms with Gasteiger partial charge in [0.1, 0.15) is 6.10 Å². The largest absolute Gasteiger partial charge is 0.467 e. The van der Waals surface area contributed by atoms with Gasteiger partial charge in [0.2, 0.25) is 11.4 Å². The van der Waals surface area contributed by atoms with Crippen molar-refractivity contribution in [2.75, 3.05) is 7.11 Å². The Morgan fingerprint density at radius 2 is 1.65 bits per heavy atom. The maximum Gasteiger partial charge on any atom is 0.344 e. The van der Waals surface area contributed by atoms with Crippen molar-refractivity contribution >= 4 is 28.4 Å². The number of methoxy groups -OCH3 is 1. The number of esters is 1. The Morgan fingerprint density at radius 3 is 2.17 bits per heavy atom. The summed E-state index contributed by atoms with van der Waals surface area (Å²) in [6, 6.07) is 9.70. The summed E-state index contributed by atoms with van der Waals surface area (Å²) in [6.07, 6.45) is 3.28. The highest BCUT2D eigenvalue weighted by Crippen LogP contribution is 2.41. The summed E-state index contributed by atoms with van der Waals surface area (Å²) in [5.41, 5.74) is 1.34. The van der Waals surface area contributed by atoms with E-state index in [-0.39, 0.29) is 30.1 Å². The van der Waals surface area contributed by atoms with Crippen LogP contribution in [0, 0.1) is 5.92 Å². The van der Waals surface area contributed by atoms with Gasteiger partial charge in [0.25, 0.3) is 0 Å². The number of Topliss-reactive ketones (excluding diaryl/α,β-unsaturated/α-hetero) is 1. The molecule has 2 unspecified atom stereocenters. The molecule has 1 aromatic rings. The van der Waals surface area contributed by atoms with E-state index < -0.39 is 40.1 Å². The molecule has 0 aliphatic heterocycles. The lowest BCUT2D eigenvalue weighted by molar-refractivity contribution is -0.169. The highest BCUT2D eigenvalue weighted by atomic mass is 28.4. The first-order valence-electron chi connectivity index (χ1n) is 14.3. The van der Waals surface area contributed by atoms with Gasteiger partial charge in [0.05, 0.1) is 19.8 Å². The smallest absolute Gasteiger partial charge is 0.344 e. The van der Waals surface area contributed by atoms with Crippen LogP contribution in [0.2, 0.25) is 37.8 Å². The van der Waals surface area contributed by atoms with Crippen LogP contribution in [0.5, 0.6) is 0 Å². The molecule has 1 aliphatic rings. The molecule has 0 heterocycles. The molecule has 0 N–H and O–H groups in total. The maximum absolute atomic E-state index is 14.1. The second-order valence-electron chi connectivity index (χ2n) is 13.7. The molecule has 6 nitrogen and oxygen atoms in total. The first-order chi connectivity index (χ1) is 18.3. The maximum atomic E-state index is 14.1. The summed E-state index contributed by atoms with van der Waals surface area (Å²) < 4.78 is 24.3. The van der Waals surface area contributed by atoms with E-state index in [1.165, 1.54) is 19.6 Å². The fourth-order valence-corrected chi connectivity index (χ4v) is 7.47. The van der Waals surface area contributed by atoms with E-state index in [0.717, 1.165) is 24.0 Å². The van der Waals surface area contributed by atoms with Crippen molar-refractivity contribution in [2.45, 2.75) is 116 Å². The minimum Gasteiger partial charge on any atom is -0.467 e. The lowest BCUT2D eigenvalue weighted by atomic mass is 9.80. The number of carbonyl (C=O) groups is 2. The lowest BCUT2D eigenvalue weighted by Gasteiger charge is -2.42. The van der Waals surface area contributed by atoms with Crippen LogP contribution in [0.3, 0.4) is 0 Å². The molecule has 0 fully saturated rings. The van der Waals surface area contributed by atoms with Gasteiger partial charge in [0.15, 0.2) is 16.6 Å². The predicted octanol–water partition coefficient (Wildman–Crippen LogP) is 7.62. The summed E-state index contributed by atoms with van der Waals surface area (Å²) in [7, 11) is -3.01. The minimum atomic E-state index is -2.31. The normalized spacial score (nSPS) is 20.7. The van der Waals surface area contributed by atoms with Crippen LogP contribution >= 0.6 is 0 Å². The second kappa shape index (κ2) is 13.4. The molecule has 1 aromatic carbocycles. The standard InChI is InChI=1S/C32H52O6Si2/c1-23-18-19-26(21-27(23)37-40(11,12)31(3,4)5)24(2)20-28(36-22-25-16-14-13-15-17-25)29(33)32(6,30(34)35-7)38-39(8,9)10/h13-18,26-28H,2,19-22H2,1,3-12H3/t26-,27?,28-,32?/m1/s1. The van der Waals surface area contributed by atoms with Crippen molar-refractivity contribution in [3.8, 4) is 0 Å². The molecule has 0 bridgehead atoms. The Labute approximate surface area is 244 Å². The summed E-state index contributed by atoms with van der Waals surface area (Å²) in [5, 5.41) is 0.106. The Hall–Kier alpha value is -1.85. The van der Waals surface area contributed by atoms with Gasteiger partial charge in [-0.1, -0.05) is 69.3 Å². The second-order valence-corrected chi connectivity index (χ2v) is 22.9. The summed E-state index contributed by atoms with van der Waals surface area (Å²) in [4.78, 5) is 27.1. The third-order valence-electron chi connectivity index (χ3n) is 8.14. The number of benzene rings is 1. The topological polar surface area (TPSA) is 71.1 Å². The Balaban J connectivity index is 2.32. The van der Waals surface area contributed by atoms with E-state index in [1.807, 2.05) is 50.0 Å². The van der Waals surface area contributed by atoms with Crippen LogP contribution < -0.4 is 0 Å². The molecule has 0 radical (unpaired) electrons. The van der Waals surface area contributed by atoms with Crippen molar-refractivity contribution in [1.82, 2.24) is 0 Å². The van der Waals surface area contributed by atoms with Crippen molar-refractivity contribution < 1.29 is 27.9 Å². The molecule has 0 aromatic heterocycles. The van der Waals surface area contributed by atoms with Gasteiger partial charge in [0, 0.05) is 6.42 Å². The van der Waals surface area contributed by atoms with Gasteiger partial charge in [-0.3, -0.25) is 4.79 Å². The van der Waals surface area contributed by atoms with Crippen LogP contribution in [-0.4, -0.2) is 53.3 Å². The summed E-state index contributed by atoms with van der Waals surface area (Å²) in [5.74, 6) is -1.01. The van der Waals surface area contributed by atoms with Gasteiger partial charge in [-0.15, -0.1) is 0 Å². The molecule has 8 heteroatoms. The molecule has 0 saturated carbocycles. The SMILES string of the molecule is C=C(C[C@@H](OCc1ccccc1)C(=O)C(C)(O[Si](C)(C)C)C(=O)OC)[C@@H]1CC=C(C)C(O[Si](C)(C)C(C)(C)C)C1. The van der Waals surface area contributed by atoms with E-state index in [0.29, 0.717) is 0 Å². The zero-order chi connectivity index (χ0) is 30.5. The first kappa shape index (κ1) is 34.4. The number of ketones is 1. The minimum absolute atomic E-state index is 0.0198. The monoisotopic (exact) mass is 588 g/mol. The molecular formula is C32H52O6Si2. The highest BCUT2D eigenvalue weighted by molar-refractivity contribution is 6.74. The number of rotatable bonds is 13. The Kier molecular flexibility index (Phi) is 11.5. The highest BCUT2D eigenvalue weighted by Gasteiger charge is 2.50. The van der Waals surface area contributed by atoms with Crippen molar-refractivity contribution in [1.29, 1.82) is 0 Å². The number of hydrogen-bond acceptors (Lipinski definition) is 6. The molecule has 4 atom stereocenters. The number of carbonyl (C=O) groups excluding carboxylic acids is 2. The summed E-state index contributed by atoms with van der Waals surface area (Å²) >= 11 is 0. The first-order valence-corrected chi connectivity index (χ1v) is 20.6. The lowest BCUT2D eigenvalue weighted by Crippen LogP contribution is -2.56. The third kappa shape index (κ3) is 9.08. The fraction of sp³-hybridized carbons (Fsp3) is 0.625. The van der Waals surface area contributed by atoms with E-state index >= 15 is 0 Å². The molecule has 0 saturated heterocycles. The summed E-state index contributed by atoms with van der Waals surface area (Å²) in [6.45, 7) is 25.4. The van der Waals surface area contributed by atoms with E-state index in [9.17, 15) is 9.59 Å². The predicted molar refractivity (Wildman–Crippen MR) is 167 cm³/mol. The molecular weight excluding hydrogens is 537 g/mol. The van der Waals surface area contributed by atoms with Gasteiger partial charge < -0.3 is 18.3 Å². The van der Waals surface area contributed by atoms with Crippen LogP contribution in [-0.2, 0) is 34.5 Å². The fourth-order valence-electron chi connectivity index (χ4n) is 4.72. The van der Waals surface area contributed by atoms with Gasteiger partial charge in [-0.05, 0) is 81.5 Å². The molecule has 2 rings (SSSR count). The van der Waals surface area contributed by atoms with Crippen molar-refractivity contribution in [3.05, 3.63) is 59.7 Å². The molecule has 224 valence electrons. The molecule has 1 aliphatic carbocycles. The number of hydrogen-bond donors (Lipinski definition) is 0. The third-order valence-corrected chi connectivity index (χ3v) is 13.6. The number of ether oxygens (including phenoxy) is 2. The van der Waals surface area contributed by atoms with Crippen LogP contribution in [0.4, 0.5) is 0 Å². The molecule has 0 amide bonds.